The third-order valence-electron chi connectivity index (χ3n) is 4.10. The summed E-state index contributed by atoms with van der Waals surface area (Å²) in [6, 6.07) is 11.2. The molecule has 21 heavy (non-hydrogen) atoms. The SMILES string of the molecule is COc1ccc(C(=O)c2ccc3c(c2)CCCC3)cc1N. The number of ketones is 1. The van der Waals surface area contributed by atoms with Gasteiger partial charge < -0.3 is 10.5 Å². The molecule has 0 fully saturated rings. The van der Waals surface area contributed by atoms with Gasteiger partial charge in [-0.3, -0.25) is 4.79 Å². The zero-order valence-corrected chi connectivity index (χ0v) is 12.2. The van der Waals surface area contributed by atoms with Crippen LogP contribution >= 0.6 is 0 Å². The van der Waals surface area contributed by atoms with E-state index in [2.05, 4.69) is 6.07 Å². The van der Waals surface area contributed by atoms with Crippen LogP contribution in [0.25, 0.3) is 0 Å². The van der Waals surface area contributed by atoms with Gasteiger partial charge in [-0.15, -0.1) is 0 Å². The number of nitrogen functional groups attached to an aromatic ring is 1. The van der Waals surface area contributed by atoms with Crippen molar-refractivity contribution in [1.82, 2.24) is 0 Å². The molecule has 108 valence electrons. The van der Waals surface area contributed by atoms with E-state index in [1.165, 1.54) is 24.0 Å². The molecule has 2 aromatic carbocycles. The van der Waals surface area contributed by atoms with E-state index in [-0.39, 0.29) is 5.78 Å². The summed E-state index contributed by atoms with van der Waals surface area (Å²) in [5.41, 5.74) is 10.4. The maximum atomic E-state index is 12.6. The van der Waals surface area contributed by atoms with Crippen LogP contribution in [0, 0.1) is 0 Å². The van der Waals surface area contributed by atoms with Crippen molar-refractivity contribution in [2.24, 2.45) is 0 Å². The average molecular weight is 281 g/mol. The number of rotatable bonds is 3. The lowest BCUT2D eigenvalue weighted by atomic mass is 9.89. The summed E-state index contributed by atoms with van der Waals surface area (Å²) in [5, 5.41) is 0. The van der Waals surface area contributed by atoms with Gasteiger partial charge in [-0.1, -0.05) is 12.1 Å². The first kappa shape index (κ1) is 13.7. The standard InChI is InChI=1S/C18H19NO2/c1-21-17-9-8-15(11-16(17)19)18(20)14-7-6-12-4-2-3-5-13(12)10-14/h6-11H,2-5,19H2,1H3. The van der Waals surface area contributed by atoms with Gasteiger partial charge in [-0.05, 0) is 61.1 Å². The van der Waals surface area contributed by atoms with Gasteiger partial charge in [-0.25, -0.2) is 0 Å². The number of anilines is 1. The molecule has 0 spiro atoms. The summed E-state index contributed by atoms with van der Waals surface area (Å²) in [6.45, 7) is 0. The fraction of sp³-hybridized carbons (Fsp3) is 0.278. The van der Waals surface area contributed by atoms with Crippen molar-refractivity contribution in [3.05, 3.63) is 58.7 Å². The third kappa shape index (κ3) is 2.64. The van der Waals surface area contributed by atoms with Crippen molar-refractivity contribution in [2.75, 3.05) is 12.8 Å². The Bertz CT molecular complexity index is 692. The number of nitrogens with two attached hydrogens (primary N) is 1. The number of carbonyl (C=O) groups excluding carboxylic acids is 1. The van der Waals surface area contributed by atoms with Gasteiger partial charge in [0.2, 0.25) is 0 Å². The highest BCUT2D eigenvalue weighted by Crippen LogP contribution is 2.26. The van der Waals surface area contributed by atoms with E-state index in [1.807, 2.05) is 12.1 Å². The van der Waals surface area contributed by atoms with Gasteiger partial charge in [0.1, 0.15) is 5.75 Å². The fourth-order valence-electron chi connectivity index (χ4n) is 2.92. The van der Waals surface area contributed by atoms with E-state index in [4.69, 9.17) is 10.5 Å². The third-order valence-corrected chi connectivity index (χ3v) is 4.10. The van der Waals surface area contributed by atoms with E-state index in [1.54, 1.807) is 25.3 Å². The van der Waals surface area contributed by atoms with Gasteiger partial charge in [-0.2, -0.15) is 0 Å². The van der Waals surface area contributed by atoms with Gasteiger partial charge in [0, 0.05) is 11.1 Å². The molecular weight excluding hydrogens is 262 g/mol. The van der Waals surface area contributed by atoms with Gasteiger partial charge in [0.25, 0.3) is 0 Å². The Hall–Kier alpha value is -2.29. The molecule has 0 radical (unpaired) electrons. The molecule has 0 aromatic heterocycles. The fourth-order valence-corrected chi connectivity index (χ4v) is 2.92. The number of ether oxygens (including phenoxy) is 1. The molecule has 3 heteroatoms. The minimum Gasteiger partial charge on any atom is -0.495 e. The Labute approximate surface area is 124 Å². The number of benzene rings is 2. The van der Waals surface area contributed by atoms with Crippen LogP contribution in [0.2, 0.25) is 0 Å². The zero-order valence-electron chi connectivity index (χ0n) is 12.2. The van der Waals surface area contributed by atoms with E-state index < -0.39 is 0 Å². The molecular formula is C18H19NO2. The number of fused-ring (bicyclic) bond motifs is 1. The predicted molar refractivity (Wildman–Crippen MR) is 83.9 cm³/mol. The molecule has 0 amide bonds. The second-order valence-electron chi connectivity index (χ2n) is 5.48. The summed E-state index contributed by atoms with van der Waals surface area (Å²) in [5.74, 6) is 0.606. The van der Waals surface area contributed by atoms with Crippen molar-refractivity contribution < 1.29 is 9.53 Å². The van der Waals surface area contributed by atoms with Crippen LogP contribution in [0.4, 0.5) is 5.69 Å². The molecule has 3 nitrogen and oxygen atoms in total. The molecule has 1 aliphatic rings. The second-order valence-corrected chi connectivity index (χ2v) is 5.48. The first-order valence-corrected chi connectivity index (χ1v) is 7.29. The van der Waals surface area contributed by atoms with E-state index in [9.17, 15) is 4.79 Å². The summed E-state index contributed by atoms with van der Waals surface area (Å²) in [6.07, 6.45) is 4.65. The lowest BCUT2D eigenvalue weighted by Gasteiger charge is -2.16. The van der Waals surface area contributed by atoms with Crippen molar-refractivity contribution in [3.63, 3.8) is 0 Å². The average Bonchev–Trinajstić information content (AvgIpc) is 2.53. The van der Waals surface area contributed by atoms with Crippen molar-refractivity contribution >= 4 is 11.5 Å². The maximum Gasteiger partial charge on any atom is 0.193 e. The quantitative estimate of drug-likeness (QED) is 0.693. The molecule has 0 atom stereocenters. The lowest BCUT2D eigenvalue weighted by molar-refractivity contribution is 0.103. The molecule has 2 N–H and O–H groups in total. The molecule has 0 bridgehead atoms. The molecule has 2 aromatic rings. The largest absolute Gasteiger partial charge is 0.495 e. The molecule has 0 saturated heterocycles. The van der Waals surface area contributed by atoms with Crippen LogP contribution in [-0.2, 0) is 12.8 Å². The summed E-state index contributed by atoms with van der Waals surface area (Å²) in [4.78, 5) is 12.6. The Balaban J connectivity index is 1.93. The topological polar surface area (TPSA) is 52.3 Å². The number of aryl methyl sites for hydroxylation is 2. The first-order valence-electron chi connectivity index (χ1n) is 7.29. The van der Waals surface area contributed by atoms with Crippen LogP contribution in [0.1, 0.15) is 39.9 Å². The highest BCUT2D eigenvalue weighted by Gasteiger charge is 2.15. The molecule has 0 aliphatic heterocycles. The van der Waals surface area contributed by atoms with Crippen molar-refractivity contribution in [1.29, 1.82) is 0 Å². The summed E-state index contributed by atoms with van der Waals surface area (Å²) in [7, 11) is 1.57. The van der Waals surface area contributed by atoms with Crippen LogP contribution in [-0.4, -0.2) is 12.9 Å². The highest BCUT2D eigenvalue weighted by molar-refractivity contribution is 6.09. The lowest BCUT2D eigenvalue weighted by Crippen LogP contribution is -2.07. The van der Waals surface area contributed by atoms with Gasteiger partial charge in [0.15, 0.2) is 5.78 Å². The molecule has 1 aliphatic carbocycles. The monoisotopic (exact) mass is 281 g/mol. The smallest absolute Gasteiger partial charge is 0.193 e. The first-order chi connectivity index (χ1) is 10.2. The molecule has 0 saturated carbocycles. The number of hydrogen-bond donors (Lipinski definition) is 1. The zero-order chi connectivity index (χ0) is 14.8. The summed E-state index contributed by atoms with van der Waals surface area (Å²) < 4.78 is 5.12. The molecule has 0 unspecified atom stereocenters. The molecule has 3 rings (SSSR count). The second kappa shape index (κ2) is 5.60. The van der Waals surface area contributed by atoms with E-state index in [0.717, 1.165) is 18.4 Å². The van der Waals surface area contributed by atoms with Gasteiger partial charge >= 0.3 is 0 Å². The molecule has 0 heterocycles. The Morgan fingerprint density at radius 2 is 1.67 bits per heavy atom. The minimum atomic E-state index is 0.0118. The van der Waals surface area contributed by atoms with E-state index in [0.29, 0.717) is 17.0 Å². The van der Waals surface area contributed by atoms with Crippen LogP contribution in [0.5, 0.6) is 5.75 Å². The van der Waals surface area contributed by atoms with Crippen molar-refractivity contribution in [2.45, 2.75) is 25.7 Å². The predicted octanol–water partition coefficient (Wildman–Crippen LogP) is 3.39. The highest BCUT2D eigenvalue weighted by atomic mass is 16.5. The Kier molecular flexibility index (Phi) is 3.65. The Morgan fingerprint density at radius 1 is 1.00 bits per heavy atom. The number of carbonyl (C=O) groups is 1. The normalized spacial score (nSPS) is 13.6. The van der Waals surface area contributed by atoms with E-state index >= 15 is 0 Å². The summed E-state index contributed by atoms with van der Waals surface area (Å²) >= 11 is 0. The number of hydrogen-bond acceptors (Lipinski definition) is 3. The van der Waals surface area contributed by atoms with Crippen LogP contribution in [0.15, 0.2) is 36.4 Å². The van der Waals surface area contributed by atoms with Crippen LogP contribution < -0.4 is 10.5 Å². The van der Waals surface area contributed by atoms with Crippen molar-refractivity contribution in [3.8, 4) is 5.75 Å². The van der Waals surface area contributed by atoms with Crippen LogP contribution in [0.3, 0.4) is 0 Å². The number of methoxy groups -OCH3 is 1. The van der Waals surface area contributed by atoms with Gasteiger partial charge in [0.05, 0.1) is 12.8 Å². The maximum absolute atomic E-state index is 12.6. The Morgan fingerprint density at radius 3 is 2.38 bits per heavy atom. The minimum absolute atomic E-state index is 0.0118.